The number of carbonyl (C=O) groups is 3. The van der Waals surface area contributed by atoms with Crippen molar-refractivity contribution in [2.24, 2.45) is 11.7 Å². The molecule has 0 fully saturated rings. The summed E-state index contributed by atoms with van der Waals surface area (Å²) < 4.78 is 5.17. The Hall–Kier alpha value is -1.99. The van der Waals surface area contributed by atoms with E-state index >= 15 is 0 Å². The van der Waals surface area contributed by atoms with E-state index in [0.29, 0.717) is 25.9 Å². The molecule has 8 nitrogen and oxygen atoms in total. The third kappa shape index (κ3) is 11.3. The van der Waals surface area contributed by atoms with Crippen molar-refractivity contribution in [3.05, 3.63) is 0 Å². The predicted molar refractivity (Wildman–Crippen MR) is 87.8 cm³/mol. The van der Waals surface area contributed by atoms with Crippen molar-refractivity contribution in [1.29, 1.82) is 0 Å². The van der Waals surface area contributed by atoms with E-state index in [2.05, 4.69) is 16.0 Å². The van der Waals surface area contributed by atoms with Crippen LogP contribution in [0.4, 0.5) is 9.59 Å². The van der Waals surface area contributed by atoms with E-state index in [-0.39, 0.29) is 11.8 Å². The van der Waals surface area contributed by atoms with Gasteiger partial charge in [0.15, 0.2) is 0 Å². The van der Waals surface area contributed by atoms with E-state index in [4.69, 9.17) is 10.5 Å². The Labute approximate surface area is 137 Å². The van der Waals surface area contributed by atoms with Crippen molar-refractivity contribution in [3.63, 3.8) is 0 Å². The van der Waals surface area contributed by atoms with Gasteiger partial charge in [-0.1, -0.05) is 13.8 Å². The number of hydrogen-bond donors (Lipinski definition) is 4. The first-order valence-corrected chi connectivity index (χ1v) is 7.83. The molecule has 0 aromatic rings. The summed E-state index contributed by atoms with van der Waals surface area (Å²) >= 11 is 0. The second kappa shape index (κ2) is 9.91. The maximum absolute atomic E-state index is 12.2. The summed E-state index contributed by atoms with van der Waals surface area (Å²) in [5, 5.41) is 7.84. The SMILES string of the molecule is CC(C)C(NC(=O)OC(C)(C)C)C(=O)NCCCCNC(N)=O. The molecule has 1 unspecified atom stereocenters. The number of nitrogens with one attached hydrogen (secondary N) is 3. The van der Waals surface area contributed by atoms with Gasteiger partial charge in [-0.15, -0.1) is 0 Å². The summed E-state index contributed by atoms with van der Waals surface area (Å²) in [6, 6.07) is -1.22. The van der Waals surface area contributed by atoms with Gasteiger partial charge < -0.3 is 26.4 Å². The van der Waals surface area contributed by atoms with E-state index in [1.54, 1.807) is 20.8 Å². The summed E-state index contributed by atoms with van der Waals surface area (Å²) in [6.07, 6.45) is 0.787. The molecule has 1 atom stereocenters. The standard InChI is InChI=1S/C15H30N4O4/c1-10(2)11(19-14(22)23-15(3,4)5)12(20)17-8-6-7-9-18-13(16)21/h10-11H,6-9H2,1-5H3,(H,17,20)(H,19,22)(H3,16,18,21). The zero-order valence-corrected chi connectivity index (χ0v) is 14.7. The van der Waals surface area contributed by atoms with E-state index in [0.717, 1.165) is 0 Å². The highest BCUT2D eigenvalue weighted by molar-refractivity contribution is 5.85. The smallest absolute Gasteiger partial charge is 0.408 e. The average Bonchev–Trinajstić information content (AvgIpc) is 2.37. The molecule has 0 radical (unpaired) electrons. The Morgan fingerprint density at radius 3 is 2.00 bits per heavy atom. The van der Waals surface area contributed by atoms with E-state index in [9.17, 15) is 14.4 Å². The zero-order valence-electron chi connectivity index (χ0n) is 14.7. The minimum atomic E-state index is -0.659. The Kier molecular flexibility index (Phi) is 9.05. The molecule has 0 aromatic heterocycles. The van der Waals surface area contributed by atoms with Crippen molar-refractivity contribution in [3.8, 4) is 0 Å². The van der Waals surface area contributed by atoms with Gasteiger partial charge in [0.05, 0.1) is 0 Å². The van der Waals surface area contributed by atoms with E-state index in [1.165, 1.54) is 0 Å². The lowest BCUT2D eigenvalue weighted by atomic mass is 10.0. The number of unbranched alkanes of at least 4 members (excludes halogenated alkanes) is 1. The number of ether oxygens (including phenoxy) is 1. The molecular weight excluding hydrogens is 300 g/mol. The van der Waals surface area contributed by atoms with Gasteiger partial charge in [-0.2, -0.15) is 0 Å². The molecule has 0 rings (SSSR count). The molecule has 134 valence electrons. The van der Waals surface area contributed by atoms with Gasteiger partial charge in [-0.05, 0) is 39.5 Å². The van der Waals surface area contributed by atoms with Crippen LogP contribution in [0, 0.1) is 5.92 Å². The first kappa shape index (κ1) is 21.0. The Morgan fingerprint density at radius 1 is 1.04 bits per heavy atom. The van der Waals surface area contributed by atoms with Gasteiger partial charge in [-0.3, -0.25) is 4.79 Å². The van der Waals surface area contributed by atoms with Crippen LogP contribution < -0.4 is 21.7 Å². The molecule has 0 aliphatic rings. The fourth-order valence-electron chi connectivity index (χ4n) is 1.75. The normalized spacial score (nSPS) is 12.4. The number of carbonyl (C=O) groups excluding carboxylic acids is 3. The summed E-state index contributed by atoms with van der Waals surface area (Å²) in [6.45, 7) is 9.90. The lowest BCUT2D eigenvalue weighted by Gasteiger charge is -2.25. The average molecular weight is 330 g/mol. The predicted octanol–water partition coefficient (Wildman–Crippen LogP) is 1.10. The van der Waals surface area contributed by atoms with Crippen LogP contribution >= 0.6 is 0 Å². The highest BCUT2D eigenvalue weighted by Crippen LogP contribution is 2.08. The lowest BCUT2D eigenvalue weighted by molar-refractivity contribution is -0.124. The number of alkyl carbamates (subject to hydrolysis) is 1. The topological polar surface area (TPSA) is 123 Å². The van der Waals surface area contributed by atoms with Gasteiger partial charge in [0.2, 0.25) is 5.91 Å². The van der Waals surface area contributed by atoms with Crippen LogP contribution in [-0.2, 0) is 9.53 Å². The Morgan fingerprint density at radius 2 is 1.57 bits per heavy atom. The van der Waals surface area contributed by atoms with Crippen molar-refractivity contribution in [2.75, 3.05) is 13.1 Å². The quantitative estimate of drug-likeness (QED) is 0.498. The number of nitrogens with two attached hydrogens (primary N) is 1. The molecule has 0 bridgehead atoms. The maximum Gasteiger partial charge on any atom is 0.408 e. The first-order chi connectivity index (χ1) is 10.5. The molecule has 0 aromatic carbocycles. The Balaban J connectivity index is 4.20. The van der Waals surface area contributed by atoms with Crippen LogP contribution in [0.1, 0.15) is 47.5 Å². The number of amides is 4. The van der Waals surface area contributed by atoms with Crippen molar-refractivity contribution in [2.45, 2.75) is 59.1 Å². The molecule has 23 heavy (non-hydrogen) atoms. The van der Waals surface area contributed by atoms with Crippen LogP contribution in [0.5, 0.6) is 0 Å². The molecule has 8 heteroatoms. The third-order valence-corrected chi connectivity index (χ3v) is 2.82. The number of hydrogen-bond acceptors (Lipinski definition) is 4. The number of rotatable bonds is 8. The molecule has 0 aliphatic carbocycles. The molecule has 4 amide bonds. The Bertz CT molecular complexity index is 405. The molecule has 0 saturated carbocycles. The lowest BCUT2D eigenvalue weighted by Crippen LogP contribution is -2.51. The van der Waals surface area contributed by atoms with Crippen molar-refractivity contribution in [1.82, 2.24) is 16.0 Å². The van der Waals surface area contributed by atoms with Gasteiger partial charge in [-0.25, -0.2) is 9.59 Å². The minimum Gasteiger partial charge on any atom is -0.444 e. The maximum atomic E-state index is 12.2. The monoisotopic (exact) mass is 330 g/mol. The second-order valence-electron chi connectivity index (χ2n) is 6.66. The molecule has 0 aliphatic heterocycles. The molecule has 5 N–H and O–H groups in total. The fraction of sp³-hybridized carbons (Fsp3) is 0.800. The third-order valence-electron chi connectivity index (χ3n) is 2.82. The van der Waals surface area contributed by atoms with Crippen LogP contribution in [-0.4, -0.2) is 42.8 Å². The van der Waals surface area contributed by atoms with Crippen LogP contribution in [0.25, 0.3) is 0 Å². The second-order valence-corrected chi connectivity index (χ2v) is 6.66. The van der Waals surface area contributed by atoms with Gasteiger partial charge >= 0.3 is 12.1 Å². The zero-order chi connectivity index (χ0) is 18.0. The molecular formula is C15H30N4O4. The highest BCUT2D eigenvalue weighted by atomic mass is 16.6. The van der Waals surface area contributed by atoms with E-state index < -0.39 is 23.8 Å². The van der Waals surface area contributed by atoms with Crippen molar-refractivity contribution >= 4 is 18.0 Å². The number of urea groups is 1. The summed E-state index contributed by atoms with van der Waals surface area (Å²) in [4.78, 5) is 34.4. The minimum absolute atomic E-state index is 0.0703. The van der Waals surface area contributed by atoms with Crippen LogP contribution in [0.3, 0.4) is 0 Å². The van der Waals surface area contributed by atoms with Gasteiger partial charge in [0.1, 0.15) is 11.6 Å². The molecule has 0 spiro atoms. The summed E-state index contributed by atoms with van der Waals surface area (Å²) in [5.74, 6) is -0.326. The fourth-order valence-corrected chi connectivity index (χ4v) is 1.75. The van der Waals surface area contributed by atoms with Crippen LogP contribution in [0.15, 0.2) is 0 Å². The molecule has 0 saturated heterocycles. The summed E-state index contributed by atoms with van der Waals surface area (Å²) in [7, 11) is 0. The molecule has 0 heterocycles. The van der Waals surface area contributed by atoms with E-state index in [1.807, 2.05) is 13.8 Å². The van der Waals surface area contributed by atoms with Crippen molar-refractivity contribution < 1.29 is 19.1 Å². The summed E-state index contributed by atoms with van der Waals surface area (Å²) in [5.41, 5.74) is 4.33. The number of primary amides is 1. The van der Waals surface area contributed by atoms with Gasteiger partial charge in [0.25, 0.3) is 0 Å². The van der Waals surface area contributed by atoms with Gasteiger partial charge in [0, 0.05) is 13.1 Å². The van der Waals surface area contributed by atoms with Crippen LogP contribution in [0.2, 0.25) is 0 Å². The largest absolute Gasteiger partial charge is 0.444 e. The first-order valence-electron chi connectivity index (χ1n) is 7.83. The highest BCUT2D eigenvalue weighted by Gasteiger charge is 2.26.